The Balaban J connectivity index is 2.11. The van der Waals surface area contributed by atoms with Crippen molar-refractivity contribution in [2.24, 2.45) is 0 Å². The molecule has 2 rings (SSSR count). The summed E-state index contributed by atoms with van der Waals surface area (Å²) < 4.78 is 0. The maximum Gasteiger partial charge on any atom is 0.231 e. The fraction of sp³-hybridized carbons (Fsp3) is 0.308. The van der Waals surface area contributed by atoms with E-state index in [4.69, 9.17) is 23.8 Å². The molecule has 2 heterocycles. The number of nitrogens with zero attached hydrogens (tertiary/aromatic N) is 4. The molecular formula is C13H15ClN6S2. The van der Waals surface area contributed by atoms with Gasteiger partial charge in [-0.2, -0.15) is 0 Å². The highest BCUT2D eigenvalue weighted by Gasteiger charge is 2.13. The van der Waals surface area contributed by atoms with Crippen molar-refractivity contribution >= 4 is 46.6 Å². The standard InChI is InChI=1S/C13H15ClN6S2/c1-13(2,3)20-11(21)19-10-17-8(14)7-9(18-10)22-12-15-5-4-6-16-12/h4-7H,1-3H3,(H2,17,18,19,20,21). The van der Waals surface area contributed by atoms with Gasteiger partial charge in [-0.25, -0.2) is 19.9 Å². The van der Waals surface area contributed by atoms with Crippen LogP contribution in [0.15, 0.2) is 34.7 Å². The third kappa shape index (κ3) is 5.70. The fourth-order valence-electron chi connectivity index (χ4n) is 1.41. The van der Waals surface area contributed by atoms with E-state index in [1.165, 1.54) is 11.8 Å². The molecule has 6 nitrogen and oxygen atoms in total. The van der Waals surface area contributed by atoms with E-state index in [1.54, 1.807) is 24.5 Å². The molecule has 0 aliphatic carbocycles. The molecule has 9 heteroatoms. The summed E-state index contributed by atoms with van der Waals surface area (Å²) in [7, 11) is 0. The first kappa shape index (κ1) is 16.9. The minimum atomic E-state index is -0.155. The number of aromatic nitrogens is 4. The number of rotatable bonds is 3. The zero-order valence-electron chi connectivity index (χ0n) is 12.3. The molecule has 0 saturated carbocycles. The summed E-state index contributed by atoms with van der Waals surface area (Å²) in [5.41, 5.74) is -0.155. The number of hydrogen-bond acceptors (Lipinski definition) is 6. The summed E-state index contributed by atoms with van der Waals surface area (Å²) in [6.07, 6.45) is 3.33. The Hall–Kier alpha value is -1.51. The van der Waals surface area contributed by atoms with E-state index in [1.807, 2.05) is 20.8 Å². The van der Waals surface area contributed by atoms with Gasteiger partial charge in [0.2, 0.25) is 5.95 Å². The second kappa shape index (κ2) is 7.17. The lowest BCUT2D eigenvalue weighted by Gasteiger charge is -2.22. The molecule has 0 spiro atoms. The molecule has 0 saturated heterocycles. The van der Waals surface area contributed by atoms with Gasteiger partial charge in [-0.1, -0.05) is 11.6 Å². The molecule has 2 aromatic rings. The molecule has 22 heavy (non-hydrogen) atoms. The van der Waals surface area contributed by atoms with Crippen molar-refractivity contribution < 1.29 is 0 Å². The van der Waals surface area contributed by atoms with Gasteiger partial charge in [-0.15, -0.1) is 0 Å². The summed E-state index contributed by atoms with van der Waals surface area (Å²) in [5.74, 6) is 0.327. The normalized spacial score (nSPS) is 11.1. The predicted octanol–water partition coefficient (Wildman–Crippen LogP) is 3.16. The summed E-state index contributed by atoms with van der Waals surface area (Å²) in [6, 6.07) is 3.40. The molecule has 116 valence electrons. The van der Waals surface area contributed by atoms with Crippen molar-refractivity contribution in [3.8, 4) is 0 Å². The molecule has 0 aliphatic heterocycles. The first-order valence-electron chi connectivity index (χ1n) is 6.40. The summed E-state index contributed by atoms with van der Waals surface area (Å²) in [6.45, 7) is 6.02. The third-order valence-electron chi connectivity index (χ3n) is 2.12. The average Bonchev–Trinajstić information content (AvgIpc) is 2.36. The van der Waals surface area contributed by atoms with E-state index in [2.05, 4.69) is 30.6 Å². The van der Waals surface area contributed by atoms with Crippen LogP contribution in [-0.2, 0) is 0 Å². The van der Waals surface area contributed by atoms with Crippen LogP contribution >= 0.6 is 35.6 Å². The molecule has 0 bridgehead atoms. The van der Waals surface area contributed by atoms with Crippen LogP contribution in [0.3, 0.4) is 0 Å². The number of thiocarbonyl (C=S) groups is 1. The predicted molar refractivity (Wildman–Crippen MR) is 92.3 cm³/mol. The van der Waals surface area contributed by atoms with E-state index < -0.39 is 0 Å². The van der Waals surface area contributed by atoms with Crippen LogP contribution in [0.1, 0.15) is 20.8 Å². The third-order valence-corrected chi connectivity index (χ3v) is 3.33. The van der Waals surface area contributed by atoms with Crippen molar-refractivity contribution in [2.75, 3.05) is 5.32 Å². The molecule has 0 unspecified atom stereocenters. The summed E-state index contributed by atoms with van der Waals surface area (Å²) in [4.78, 5) is 16.7. The summed E-state index contributed by atoms with van der Waals surface area (Å²) in [5, 5.41) is 8.01. The number of nitrogens with one attached hydrogen (secondary N) is 2. The van der Waals surface area contributed by atoms with Crippen LogP contribution in [0.5, 0.6) is 0 Å². The Kier molecular flexibility index (Phi) is 5.49. The van der Waals surface area contributed by atoms with Crippen molar-refractivity contribution in [3.05, 3.63) is 29.7 Å². The quantitative estimate of drug-likeness (QED) is 0.494. The van der Waals surface area contributed by atoms with Gasteiger partial charge in [0.1, 0.15) is 10.2 Å². The van der Waals surface area contributed by atoms with E-state index in [0.29, 0.717) is 26.4 Å². The van der Waals surface area contributed by atoms with Crippen LogP contribution in [0.2, 0.25) is 5.15 Å². The average molecular weight is 355 g/mol. The Morgan fingerprint density at radius 3 is 2.55 bits per heavy atom. The highest BCUT2D eigenvalue weighted by atomic mass is 35.5. The van der Waals surface area contributed by atoms with Crippen molar-refractivity contribution in [1.82, 2.24) is 25.3 Å². The van der Waals surface area contributed by atoms with Crippen molar-refractivity contribution in [2.45, 2.75) is 36.5 Å². The monoisotopic (exact) mass is 354 g/mol. The van der Waals surface area contributed by atoms with E-state index >= 15 is 0 Å². The lowest BCUT2D eigenvalue weighted by atomic mass is 10.1. The molecule has 0 atom stereocenters. The molecule has 0 aromatic carbocycles. The van der Waals surface area contributed by atoms with Crippen molar-refractivity contribution in [1.29, 1.82) is 0 Å². The molecular weight excluding hydrogens is 340 g/mol. The Labute approximate surface area is 143 Å². The van der Waals surface area contributed by atoms with Gasteiger partial charge in [0.15, 0.2) is 10.3 Å². The SMILES string of the molecule is CC(C)(C)NC(=S)Nc1nc(Cl)cc(Sc2ncccn2)n1. The van der Waals surface area contributed by atoms with E-state index in [9.17, 15) is 0 Å². The van der Waals surface area contributed by atoms with Gasteiger partial charge in [-0.05, 0) is 50.8 Å². The molecule has 0 aliphatic rings. The summed E-state index contributed by atoms with van der Waals surface area (Å²) >= 11 is 12.5. The van der Waals surface area contributed by atoms with Gasteiger partial charge in [0.25, 0.3) is 0 Å². The highest BCUT2D eigenvalue weighted by molar-refractivity contribution is 7.99. The first-order valence-corrected chi connectivity index (χ1v) is 8.01. The Morgan fingerprint density at radius 2 is 1.91 bits per heavy atom. The zero-order chi connectivity index (χ0) is 16.2. The minimum Gasteiger partial charge on any atom is -0.358 e. The lowest BCUT2D eigenvalue weighted by molar-refractivity contribution is 0.514. The topological polar surface area (TPSA) is 75.6 Å². The second-order valence-electron chi connectivity index (χ2n) is 5.32. The smallest absolute Gasteiger partial charge is 0.231 e. The molecule has 2 N–H and O–H groups in total. The van der Waals surface area contributed by atoms with Crippen LogP contribution in [0, 0.1) is 0 Å². The maximum atomic E-state index is 6.02. The number of hydrogen-bond donors (Lipinski definition) is 2. The molecule has 0 fully saturated rings. The molecule has 0 amide bonds. The Morgan fingerprint density at radius 1 is 1.23 bits per heavy atom. The van der Waals surface area contributed by atoms with Gasteiger partial charge in [0.05, 0.1) is 0 Å². The minimum absolute atomic E-state index is 0.155. The lowest BCUT2D eigenvalue weighted by Crippen LogP contribution is -2.43. The van der Waals surface area contributed by atoms with Crippen LogP contribution < -0.4 is 10.6 Å². The van der Waals surface area contributed by atoms with Gasteiger partial charge in [-0.3, -0.25) is 0 Å². The van der Waals surface area contributed by atoms with Crippen LogP contribution in [0.25, 0.3) is 0 Å². The molecule has 0 radical (unpaired) electrons. The van der Waals surface area contributed by atoms with E-state index in [0.717, 1.165) is 0 Å². The Bertz CT molecular complexity index is 659. The van der Waals surface area contributed by atoms with Gasteiger partial charge in [0, 0.05) is 24.0 Å². The zero-order valence-corrected chi connectivity index (χ0v) is 14.7. The van der Waals surface area contributed by atoms with Crippen molar-refractivity contribution in [3.63, 3.8) is 0 Å². The highest BCUT2D eigenvalue weighted by Crippen LogP contribution is 2.25. The first-order chi connectivity index (χ1) is 10.3. The number of halogens is 1. The van der Waals surface area contributed by atoms with Gasteiger partial charge >= 0.3 is 0 Å². The van der Waals surface area contributed by atoms with E-state index in [-0.39, 0.29) is 5.54 Å². The maximum absolute atomic E-state index is 6.02. The molecule has 2 aromatic heterocycles. The second-order valence-corrected chi connectivity index (χ2v) is 7.10. The van der Waals surface area contributed by atoms with Crippen LogP contribution in [0.4, 0.5) is 5.95 Å². The fourth-order valence-corrected chi connectivity index (χ4v) is 2.77. The van der Waals surface area contributed by atoms with Crippen LogP contribution in [-0.4, -0.2) is 30.6 Å². The van der Waals surface area contributed by atoms with Gasteiger partial charge < -0.3 is 10.6 Å². The largest absolute Gasteiger partial charge is 0.358 e. The number of anilines is 1.